The molecule has 0 spiro atoms. The van der Waals surface area contributed by atoms with Gasteiger partial charge in [-0.25, -0.2) is 4.99 Å². The number of hydrogen-bond donors (Lipinski definition) is 2. The molecular formula is C14H20BrN3O. The SMILES string of the molecule is CCNC(=NCc1cccc(Br)c1)N1CC[C@@H](O)C1. The van der Waals surface area contributed by atoms with Gasteiger partial charge in [0.25, 0.3) is 0 Å². The highest BCUT2D eigenvalue weighted by molar-refractivity contribution is 9.10. The monoisotopic (exact) mass is 325 g/mol. The van der Waals surface area contributed by atoms with Crippen LogP contribution in [0.5, 0.6) is 0 Å². The lowest BCUT2D eigenvalue weighted by Gasteiger charge is -2.20. The molecule has 1 fully saturated rings. The predicted molar refractivity (Wildman–Crippen MR) is 81.2 cm³/mol. The summed E-state index contributed by atoms with van der Waals surface area (Å²) in [5.41, 5.74) is 1.17. The summed E-state index contributed by atoms with van der Waals surface area (Å²) in [7, 11) is 0. The van der Waals surface area contributed by atoms with E-state index in [1.54, 1.807) is 0 Å². The fraction of sp³-hybridized carbons (Fsp3) is 0.500. The molecule has 0 amide bonds. The molecule has 2 rings (SSSR count). The molecule has 5 heteroatoms. The lowest BCUT2D eigenvalue weighted by molar-refractivity contribution is 0.188. The molecule has 1 aromatic carbocycles. The minimum absolute atomic E-state index is 0.227. The molecule has 0 unspecified atom stereocenters. The van der Waals surface area contributed by atoms with Gasteiger partial charge in [0.05, 0.1) is 12.6 Å². The standard InChI is InChI=1S/C14H20BrN3O/c1-2-16-14(18-7-6-13(19)10-18)17-9-11-4-3-5-12(15)8-11/h3-5,8,13,19H,2,6-7,9-10H2,1H3,(H,16,17)/t13-/m1/s1. The number of benzene rings is 1. The largest absolute Gasteiger partial charge is 0.391 e. The lowest BCUT2D eigenvalue weighted by Crippen LogP contribution is -2.40. The van der Waals surface area contributed by atoms with Crippen molar-refractivity contribution in [2.75, 3.05) is 19.6 Å². The van der Waals surface area contributed by atoms with Crippen molar-refractivity contribution in [3.8, 4) is 0 Å². The minimum Gasteiger partial charge on any atom is -0.391 e. The van der Waals surface area contributed by atoms with Crippen LogP contribution in [0.3, 0.4) is 0 Å². The van der Waals surface area contributed by atoms with E-state index in [1.165, 1.54) is 5.56 Å². The molecule has 1 aromatic rings. The van der Waals surface area contributed by atoms with Crippen LogP contribution in [0.15, 0.2) is 33.7 Å². The van der Waals surface area contributed by atoms with Crippen molar-refractivity contribution in [2.45, 2.75) is 26.0 Å². The number of likely N-dealkylation sites (tertiary alicyclic amines) is 1. The van der Waals surface area contributed by atoms with Gasteiger partial charge in [-0.15, -0.1) is 0 Å². The van der Waals surface area contributed by atoms with Gasteiger partial charge in [-0.2, -0.15) is 0 Å². The number of rotatable bonds is 3. The third-order valence-corrected chi connectivity index (χ3v) is 3.59. The van der Waals surface area contributed by atoms with Crippen molar-refractivity contribution < 1.29 is 5.11 Å². The Kier molecular flexibility index (Phi) is 5.22. The maximum Gasteiger partial charge on any atom is 0.194 e. The fourth-order valence-electron chi connectivity index (χ4n) is 2.16. The van der Waals surface area contributed by atoms with Crippen LogP contribution in [0.4, 0.5) is 0 Å². The van der Waals surface area contributed by atoms with Crippen molar-refractivity contribution in [2.24, 2.45) is 4.99 Å². The van der Waals surface area contributed by atoms with E-state index in [9.17, 15) is 5.11 Å². The Hall–Kier alpha value is -1.07. The summed E-state index contributed by atoms with van der Waals surface area (Å²) in [4.78, 5) is 6.76. The molecule has 0 bridgehead atoms. The van der Waals surface area contributed by atoms with Crippen LogP contribution < -0.4 is 5.32 Å². The second-order valence-electron chi connectivity index (χ2n) is 4.69. The molecule has 0 saturated carbocycles. The fourth-order valence-corrected chi connectivity index (χ4v) is 2.61. The van der Waals surface area contributed by atoms with Gasteiger partial charge >= 0.3 is 0 Å². The first-order chi connectivity index (χ1) is 9.19. The summed E-state index contributed by atoms with van der Waals surface area (Å²) in [5, 5.41) is 12.9. The highest BCUT2D eigenvalue weighted by Gasteiger charge is 2.22. The Morgan fingerprint density at radius 3 is 3.05 bits per heavy atom. The number of aliphatic hydroxyl groups is 1. The quantitative estimate of drug-likeness (QED) is 0.660. The van der Waals surface area contributed by atoms with Crippen molar-refractivity contribution in [3.63, 3.8) is 0 Å². The number of nitrogens with zero attached hydrogens (tertiary/aromatic N) is 2. The van der Waals surface area contributed by atoms with Crippen molar-refractivity contribution in [1.29, 1.82) is 0 Å². The molecule has 1 heterocycles. The highest BCUT2D eigenvalue weighted by Crippen LogP contribution is 2.13. The third-order valence-electron chi connectivity index (χ3n) is 3.10. The first kappa shape index (κ1) is 14.3. The van der Waals surface area contributed by atoms with E-state index >= 15 is 0 Å². The Balaban J connectivity index is 2.04. The molecule has 1 aliphatic rings. The zero-order valence-corrected chi connectivity index (χ0v) is 12.7. The van der Waals surface area contributed by atoms with Gasteiger partial charge in [-0.3, -0.25) is 0 Å². The van der Waals surface area contributed by atoms with Crippen LogP contribution in [-0.2, 0) is 6.54 Å². The van der Waals surface area contributed by atoms with Crippen LogP contribution in [-0.4, -0.2) is 41.7 Å². The van der Waals surface area contributed by atoms with Crippen molar-refractivity contribution in [1.82, 2.24) is 10.2 Å². The highest BCUT2D eigenvalue weighted by atomic mass is 79.9. The van der Waals surface area contributed by atoms with Crippen LogP contribution in [0.25, 0.3) is 0 Å². The Bertz CT molecular complexity index is 450. The number of guanidine groups is 1. The number of halogens is 1. The van der Waals surface area contributed by atoms with Crippen molar-refractivity contribution >= 4 is 21.9 Å². The lowest BCUT2D eigenvalue weighted by atomic mass is 10.2. The molecule has 0 aliphatic carbocycles. The maximum absolute atomic E-state index is 9.61. The van der Waals surface area contributed by atoms with Gasteiger partial charge in [0.2, 0.25) is 0 Å². The predicted octanol–water partition coefficient (Wildman–Crippen LogP) is 1.98. The second-order valence-corrected chi connectivity index (χ2v) is 5.60. The average molecular weight is 326 g/mol. The zero-order valence-electron chi connectivity index (χ0n) is 11.1. The summed E-state index contributed by atoms with van der Waals surface area (Å²) in [5.74, 6) is 0.888. The first-order valence-electron chi connectivity index (χ1n) is 6.65. The molecule has 2 N–H and O–H groups in total. The van der Waals surface area contributed by atoms with Gasteiger partial charge in [0.1, 0.15) is 0 Å². The molecule has 1 atom stereocenters. The number of β-amino-alcohol motifs (C(OH)–C–C–N with tert-alkyl or cyclic N) is 1. The topological polar surface area (TPSA) is 47.9 Å². The van der Waals surface area contributed by atoms with E-state index in [1.807, 2.05) is 12.1 Å². The summed E-state index contributed by atoms with van der Waals surface area (Å²) in [6.45, 7) is 5.08. The zero-order chi connectivity index (χ0) is 13.7. The van der Waals surface area contributed by atoms with Gasteiger partial charge in [-0.05, 0) is 31.0 Å². The summed E-state index contributed by atoms with van der Waals surface area (Å²) in [6.07, 6.45) is 0.594. The van der Waals surface area contributed by atoms with Crippen LogP contribution in [0.2, 0.25) is 0 Å². The van der Waals surface area contributed by atoms with Crippen LogP contribution >= 0.6 is 15.9 Å². The Morgan fingerprint density at radius 1 is 1.58 bits per heavy atom. The summed E-state index contributed by atoms with van der Waals surface area (Å²) >= 11 is 3.47. The average Bonchev–Trinajstić information content (AvgIpc) is 2.81. The van der Waals surface area contributed by atoms with E-state index in [4.69, 9.17) is 0 Å². The second kappa shape index (κ2) is 6.91. The molecule has 19 heavy (non-hydrogen) atoms. The van der Waals surface area contributed by atoms with Gasteiger partial charge in [0.15, 0.2) is 5.96 Å². The van der Waals surface area contributed by atoms with Gasteiger partial charge in [0, 0.05) is 24.1 Å². The van der Waals surface area contributed by atoms with E-state index in [0.29, 0.717) is 13.1 Å². The van der Waals surface area contributed by atoms with Gasteiger partial charge in [-0.1, -0.05) is 28.1 Å². The molecule has 0 aromatic heterocycles. The van der Waals surface area contributed by atoms with Crippen molar-refractivity contribution in [3.05, 3.63) is 34.3 Å². The molecule has 104 valence electrons. The van der Waals surface area contributed by atoms with E-state index in [0.717, 1.165) is 29.9 Å². The molecule has 0 radical (unpaired) electrons. The van der Waals surface area contributed by atoms with E-state index in [-0.39, 0.29) is 6.10 Å². The van der Waals surface area contributed by atoms with Gasteiger partial charge < -0.3 is 15.3 Å². The normalized spacial score (nSPS) is 19.8. The van der Waals surface area contributed by atoms with Crippen LogP contribution in [0, 0.1) is 0 Å². The van der Waals surface area contributed by atoms with Crippen LogP contribution in [0.1, 0.15) is 18.9 Å². The number of aliphatic hydroxyl groups excluding tert-OH is 1. The molecule has 1 saturated heterocycles. The number of nitrogens with one attached hydrogen (secondary N) is 1. The van der Waals surface area contributed by atoms with E-state index in [2.05, 4.69) is 50.2 Å². The molecular weight excluding hydrogens is 306 g/mol. The molecule has 4 nitrogen and oxygen atoms in total. The Morgan fingerprint density at radius 2 is 2.42 bits per heavy atom. The number of hydrogen-bond acceptors (Lipinski definition) is 2. The first-order valence-corrected chi connectivity index (χ1v) is 7.44. The minimum atomic E-state index is -0.227. The third kappa shape index (κ3) is 4.21. The van der Waals surface area contributed by atoms with E-state index < -0.39 is 0 Å². The summed E-state index contributed by atoms with van der Waals surface area (Å²) < 4.78 is 1.07. The maximum atomic E-state index is 9.61. The molecule has 1 aliphatic heterocycles. The summed E-state index contributed by atoms with van der Waals surface area (Å²) in [6, 6.07) is 8.17. The number of aliphatic imine (C=N–C) groups is 1. The Labute approximate surface area is 122 Å². The smallest absolute Gasteiger partial charge is 0.194 e.